The van der Waals surface area contributed by atoms with Gasteiger partial charge in [-0.1, -0.05) is 31.5 Å². The van der Waals surface area contributed by atoms with Gasteiger partial charge in [0, 0.05) is 19.0 Å². The third-order valence-corrected chi connectivity index (χ3v) is 3.45. The highest BCUT2D eigenvalue weighted by atomic mass is 16.2. The van der Waals surface area contributed by atoms with Crippen molar-refractivity contribution in [3.8, 4) is 0 Å². The van der Waals surface area contributed by atoms with Crippen LogP contribution >= 0.6 is 0 Å². The van der Waals surface area contributed by atoms with Crippen LogP contribution in [0.5, 0.6) is 0 Å². The molecule has 1 heterocycles. The molecular weight excluding hydrogens is 240 g/mol. The summed E-state index contributed by atoms with van der Waals surface area (Å²) >= 11 is 0. The van der Waals surface area contributed by atoms with Gasteiger partial charge in [0.15, 0.2) is 0 Å². The minimum atomic E-state index is -0.524. The number of para-hydroxylation sites is 1. The maximum Gasteiger partial charge on any atom is 0.254 e. The first kappa shape index (κ1) is 13.6. The summed E-state index contributed by atoms with van der Waals surface area (Å²) < 4.78 is 0. The van der Waals surface area contributed by atoms with Gasteiger partial charge in [-0.25, -0.2) is 0 Å². The minimum Gasteiger partial charge on any atom is -0.341 e. The molecule has 1 atom stereocenters. The van der Waals surface area contributed by atoms with Crippen molar-refractivity contribution in [2.45, 2.75) is 39.7 Å². The molecule has 1 N–H and O–H groups in total. The van der Waals surface area contributed by atoms with E-state index >= 15 is 0 Å². The third kappa shape index (κ3) is 2.48. The van der Waals surface area contributed by atoms with Crippen molar-refractivity contribution in [2.24, 2.45) is 0 Å². The van der Waals surface area contributed by atoms with Crippen molar-refractivity contribution < 1.29 is 9.59 Å². The second kappa shape index (κ2) is 5.43. The number of carbonyl (C=O) groups excluding carboxylic acids is 2. The van der Waals surface area contributed by atoms with Gasteiger partial charge < -0.3 is 10.2 Å². The number of carbonyl (C=O) groups is 2. The lowest BCUT2D eigenvalue weighted by Crippen LogP contribution is -2.37. The van der Waals surface area contributed by atoms with Crippen LogP contribution in [0.2, 0.25) is 0 Å². The lowest BCUT2D eigenvalue weighted by Gasteiger charge is -2.19. The lowest BCUT2D eigenvalue weighted by atomic mass is 10.1. The Morgan fingerprint density at radius 2 is 2.16 bits per heavy atom. The fourth-order valence-electron chi connectivity index (χ4n) is 2.56. The van der Waals surface area contributed by atoms with Crippen molar-refractivity contribution in [3.63, 3.8) is 0 Å². The van der Waals surface area contributed by atoms with Gasteiger partial charge in [-0.15, -0.1) is 0 Å². The summed E-state index contributed by atoms with van der Waals surface area (Å²) in [5, 5.41) is 2.75. The van der Waals surface area contributed by atoms with E-state index in [9.17, 15) is 9.59 Å². The van der Waals surface area contributed by atoms with Crippen LogP contribution in [0.15, 0.2) is 18.2 Å². The first-order valence-electron chi connectivity index (χ1n) is 6.74. The van der Waals surface area contributed by atoms with E-state index in [1.165, 1.54) is 6.92 Å². The third-order valence-electron chi connectivity index (χ3n) is 3.45. The minimum absolute atomic E-state index is 0.0204. The zero-order valence-corrected chi connectivity index (χ0v) is 11.7. The molecule has 4 nitrogen and oxygen atoms in total. The Balaban J connectivity index is 2.40. The number of benzene rings is 1. The molecule has 0 bridgehead atoms. The molecule has 0 fully saturated rings. The monoisotopic (exact) mass is 260 g/mol. The standard InChI is InChI=1S/C15H20N2O2/c1-4-5-9-17-14-10(2)7-6-8-12(14)13(15(17)19)16-11(3)18/h6-8,13H,4-5,9H2,1-3H3,(H,16,18). The Labute approximate surface area is 113 Å². The van der Waals surface area contributed by atoms with E-state index in [1.54, 1.807) is 0 Å². The summed E-state index contributed by atoms with van der Waals surface area (Å²) in [5.74, 6) is -0.198. The summed E-state index contributed by atoms with van der Waals surface area (Å²) in [6.45, 7) is 6.26. The molecule has 0 radical (unpaired) electrons. The van der Waals surface area contributed by atoms with Crippen LogP contribution in [-0.2, 0) is 9.59 Å². The number of amides is 2. The molecule has 0 saturated carbocycles. The smallest absolute Gasteiger partial charge is 0.254 e. The summed E-state index contributed by atoms with van der Waals surface area (Å²) in [5.41, 5.74) is 2.96. The Bertz CT molecular complexity index is 511. The number of rotatable bonds is 4. The number of hydrogen-bond acceptors (Lipinski definition) is 2. The topological polar surface area (TPSA) is 49.4 Å². The van der Waals surface area contributed by atoms with Gasteiger partial charge in [0.1, 0.15) is 6.04 Å². The first-order valence-corrected chi connectivity index (χ1v) is 6.74. The number of nitrogens with one attached hydrogen (secondary N) is 1. The molecule has 2 amide bonds. The lowest BCUT2D eigenvalue weighted by molar-refractivity contribution is -0.126. The van der Waals surface area contributed by atoms with Gasteiger partial charge in [-0.3, -0.25) is 9.59 Å². The summed E-state index contributed by atoms with van der Waals surface area (Å²) in [6.07, 6.45) is 2.00. The van der Waals surface area contributed by atoms with Crippen molar-refractivity contribution in [1.29, 1.82) is 0 Å². The van der Waals surface area contributed by atoms with Crippen molar-refractivity contribution in [3.05, 3.63) is 29.3 Å². The molecule has 1 aromatic carbocycles. The molecular formula is C15H20N2O2. The van der Waals surface area contributed by atoms with Crippen molar-refractivity contribution >= 4 is 17.5 Å². The van der Waals surface area contributed by atoms with Gasteiger partial charge in [-0.2, -0.15) is 0 Å². The predicted molar refractivity (Wildman–Crippen MR) is 75.0 cm³/mol. The zero-order valence-electron chi connectivity index (χ0n) is 11.7. The van der Waals surface area contributed by atoms with E-state index in [2.05, 4.69) is 12.2 Å². The Kier molecular flexibility index (Phi) is 3.88. The zero-order chi connectivity index (χ0) is 14.0. The van der Waals surface area contributed by atoms with Gasteiger partial charge in [0.25, 0.3) is 5.91 Å². The molecule has 102 valence electrons. The van der Waals surface area contributed by atoms with Gasteiger partial charge in [-0.05, 0) is 18.9 Å². The highest BCUT2D eigenvalue weighted by Gasteiger charge is 2.38. The van der Waals surface area contributed by atoms with E-state index in [1.807, 2.05) is 30.0 Å². The molecule has 1 aliphatic heterocycles. The van der Waals surface area contributed by atoms with Crippen molar-refractivity contribution in [1.82, 2.24) is 5.32 Å². The molecule has 1 unspecified atom stereocenters. The van der Waals surface area contributed by atoms with E-state index in [-0.39, 0.29) is 11.8 Å². The first-order chi connectivity index (χ1) is 9.06. The largest absolute Gasteiger partial charge is 0.341 e. The number of unbranched alkanes of at least 4 members (excludes halogenated alkanes) is 1. The quantitative estimate of drug-likeness (QED) is 0.903. The molecule has 19 heavy (non-hydrogen) atoms. The van der Waals surface area contributed by atoms with Gasteiger partial charge in [0.2, 0.25) is 5.91 Å². The summed E-state index contributed by atoms with van der Waals surface area (Å²) in [4.78, 5) is 25.6. The number of hydrogen-bond donors (Lipinski definition) is 1. The van der Waals surface area contributed by atoms with Crippen LogP contribution in [0.25, 0.3) is 0 Å². The number of fused-ring (bicyclic) bond motifs is 1. The second-order valence-electron chi connectivity index (χ2n) is 4.99. The molecule has 2 rings (SSSR count). The van der Waals surface area contributed by atoms with Crippen LogP contribution in [0.3, 0.4) is 0 Å². The Morgan fingerprint density at radius 3 is 2.79 bits per heavy atom. The number of aryl methyl sites for hydroxylation is 1. The molecule has 0 aromatic heterocycles. The van der Waals surface area contributed by atoms with Crippen LogP contribution in [0.4, 0.5) is 5.69 Å². The SMILES string of the molecule is CCCCN1C(=O)C(NC(C)=O)c2cccc(C)c21. The van der Waals surface area contributed by atoms with E-state index in [0.29, 0.717) is 6.54 Å². The molecule has 1 aromatic rings. The summed E-state index contributed by atoms with van der Waals surface area (Å²) in [7, 11) is 0. The number of nitrogens with zero attached hydrogens (tertiary/aromatic N) is 1. The maximum atomic E-state index is 12.5. The maximum absolute atomic E-state index is 12.5. The fraction of sp³-hybridized carbons (Fsp3) is 0.467. The summed E-state index contributed by atoms with van der Waals surface area (Å²) in [6, 6.07) is 5.33. The normalized spacial score (nSPS) is 17.5. The van der Waals surface area contributed by atoms with E-state index in [0.717, 1.165) is 29.7 Å². The van der Waals surface area contributed by atoms with Crippen LogP contribution in [0, 0.1) is 6.92 Å². The molecule has 0 aliphatic carbocycles. The predicted octanol–water partition coefficient (Wildman–Crippen LogP) is 2.32. The molecule has 0 saturated heterocycles. The second-order valence-corrected chi connectivity index (χ2v) is 4.99. The molecule has 1 aliphatic rings. The van der Waals surface area contributed by atoms with Gasteiger partial charge >= 0.3 is 0 Å². The fourth-order valence-corrected chi connectivity index (χ4v) is 2.56. The Hall–Kier alpha value is -1.84. The molecule has 4 heteroatoms. The highest BCUT2D eigenvalue weighted by molar-refractivity contribution is 6.06. The van der Waals surface area contributed by atoms with Crippen LogP contribution in [0.1, 0.15) is 43.9 Å². The highest BCUT2D eigenvalue weighted by Crippen LogP contribution is 2.38. The Morgan fingerprint density at radius 1 is 1.42 bits per heavy atom. The van der Waals surface area contributed by atoms with E-state index in [4.69, 9.17) is 0 Å². The van der Waals surface area contributed by atoms with Gasteiger partial charge in [0.05, 0.1) is 5.69 Å². The van der Waals surface area contributed by atoms with Crippen LogP contribution < -0.4 is 10.2 Å². The molecule has 0 spiro atoms. The van der Waals surface area contributed by atoms with E-state index < -0.39 is 6.04 Å². The van der Waals surface area contributed by atoms with Crippen molar-refractivity contribution in [2.75, 3.05) is 11.4 Å². The number of anilines is 1. The van der Waals surface area contributed by atoms with Crippen LogP contribution in [-0.4, -0.2) is 18.4 Å². The average Bonchev–Trinajstić information content (AvgIpc) is 2.62. The average molecular weight is 260 g/mol.